The number of benzene rings is 3. The summed E-state index contributed by atoms with van der Waals surface area (Å²) >= 11 is 0. The fraction of sp³-hybridized carbons (Fsp3) is 0.379. The van der Waals surface area contributed by atoms with Gasteiger partial charge in [-0.25, -0.2) is 0 Å². The third-order valence-corrected chi connectivity index (χ3v) is 7.19. The van der Waals surface area contributed by atoms with Crippen LogP contribution in [-0.2, 0) is 6.42 Å². The normalized spacial score (nSPS) is 24.8. The van der Waals surface area contributed by atoms with E-state index in [0.717, 1.165) is 32.1 Å². The first-order chi connectivity index (χ1) is 15.1. The van der Waals surface area contributed by atoms with Crippen LogP contribution >= 0.6 is 0 Å². The molecule has 4 atom stereocenters. The Balaban J connectivity index is 1.65. The van der Waals surface area contributed by atoms with Crippen molar-refractivity contribution < 1.29 is 5.11 Å². The lowest BCUT2D eigenvalue weighted by molar-refractivity contribution is -0.0875. The average Bonchev–Trinajstić information content (AvgIpc) is 2.81. The van der Waals surface area contributed by atoms with Crippen LogP contribution in [0.4, 0.5) is 0 Å². The molecule has 2 nitrogen and oxygen atoms in total. The maximum absolute atomic E-state index is 12.1. The van der Waals surface area contributed by atoms with Crippen LogP contribution in [0.3, 0.4) is 0 Å². The second-order valence-electron chi connectivity index (χ2n) is 9.40. The smallest absolute Gasteiger partial charge is 0.0697 e. The Morgan fingerprint density at radius 3 is 2.06 bits per heavy atom. The van der Waals surface area contributed by atoms with E-state index in [1.54, 1.807) is 0 Å². The number of aryl methyl sites for hydroxylation is 1. The summed E-state index contributed by atoms with van der Waals surface area (Å²) in [4.78, 5) is 2.31. The van der Waals surface area contributed by atoms with Gasteiger partial charge in [0.15, 0.2) is 0 Å². The molecule has 2 heteroatoms. The minimum atomic E-state index is -0.675. The van der Waals surface area contributed by atoms with Crippen molar-refractivity contribution in [3.05, 3.63) is 108 Å². The highest BCUT2D eigenvalue weighted by Gasteiger charge is 2.46. The summed E-state index contributed by atoms with van der Waals surface area (Å²) in [6, 6.07) is 32.4. The molecule has 0 spiro atoms. The van der Waals surface area contributed by atoms with E-state index in [1.807, 2.05) is 0 Å². The molecule has 1 saturated carbocycles. The van der Waals surface area contributed by atoms with Crippen molar-refractivity contribution in [2.24, 2.45) is 5.92 Å². The van der Waals surface area contributed by atoms with E-state index in [0.29, 0.717) is 5.92 Å². The zero-order chi connectivity index (χ0) is 21.7. The highest BCUT2D eigenvalue weighted by Crippen LogP contribution is 2.50. The molecule has 0 saturated heterocycles. The summed E-state index contributed by atoms with van der Waals surface area (Å²) in [5.41, 5.74) is 3.33. The fourth-order valence-electron chi connectivity index (χ4n) is 5.56. The van der Waals surface area contributed by atoms with Crippen molar-refractivity contribution in [1.82, 2.24) is 4.90 Å². The van der Waals surface area contributed by atoms with Crippen LogP contribution < -0.4 is 0 Å². The average molecular weight is 414 g/mol. The second-order valence-corrected chi connectivity index (χ2v) is 9.40. The van der Waals surface area contributed by atoms with E-state index in [4.69, 9.17) is 0 Å². The molecule has 0 bridgehead atoms. The van der Waals surface area contributed by atoms with Gasteiger partial charge in [0.25, 0.3) is 0 Å². The maximum Gasteiger partial charge on any atom is 0.0697 e. The van der Waals surface area contributed by atoms with Crippen LogP contribution in [0.2, 0.25) is 0 Å². The summed E-state index contributed by atoms with van der Waals surface area (Å²) in [5, 5.41) is 12.1. The van der Waals surface area contributed by atoms with Gasteiger partial charge in [0, 0.05) is 12.0 Å². The predicted octanol–water partition coefficient (Wildman–Crippen LogP) is 6.24. The Hall–Kier alpha value is -2.42. The molecule has 0 amide bonds. The minimum absolute atomic E-state index is 0.174. The van der Waals surface area contributed by atoms with Gasteiger partial charge in [0.2, 0.25) is 0 Å². The van der Waals surface area contributed by atoms with Crippen molar-refractivity contribution >= 4 is 0 Å². The molecule has 4 unspecified atom stereocenters. The standard InChI is InChI=1S/C29H35NO/c1-30(2)28(25-16-10-5-11-17-25)27-22-26(24-14-8-4-9-15-24)19-21-29(27,31)20-18-23-12-6-3-7-13-23/h3-17,26-28,31H,18-22H2,1-2H3. The number of nitrogens with zero attached hydrogens (tertiary/aromatic N) is 1. The molecule has 3 aromatic carbocycles. The summed E-state index contributed by atoms with van der Waals surface area (Å²) in [6.07, 6.45) is 4.62. The molecule has 0 aromatic heterocycles. The van der Waals surface area contributed by atoms with E-state index in [2.05, 4.69) is 110 Å². The van der Waals surface area contributed by atoms with Crippen molar-refractivity contribution in [3.63, 3.8) is 0 Å². The molecule has 1 N–H and O–H groups in total. The Bertz CT molecular complexity index is 925. The number of hydrogen-bond acceptors (Lipinski definition) is 2. The van der Waals surface area contributed by atoms with Crippen LogP contribution in [0.1, 0.15) is 54.3 Å². The molecular weight excluding hydrogens is 378 g/mol. The third kappa shape index (κ3) is 5.08. The zero-order valence-electron chi connectivity index (χ0n) is 18.8. The maximum atomic E-state index is 12.1. The molecule has 0 aliphatic heterocycles. The zero-order valence-corrected chi connectivity index (χ0v) is 18.8. The molecule has 1 aliphatic rings. The Labute approximate surface area is 187 Å². The second kappa shape index (κ2) is 9.80. The van der Waals surface area contributed by atoms with E-state index >= 15 is 0 Å². The van der Waals surface area contributed by atoms with E-state index < -0.39 is 5.60 Å². The van der Waals surface area contributed by atoms with Crippen molar-refractivity contribution in [2.75, 3.05) is 14.1 Å². The Morgan fingerprint density at radius 1 is 0.871 bits per heavy atom. The van der Waals surface area contributed by atoms with Crippen LogP contribution in [0.15, 0.2) is 91.0 Å². The van der Waals surface area contributed by atoms with Gasteiger partial charge in [0.1, 0.15) is 0 Å². The van der Waals surface area contributed by atoms with E-state index in [1.165, 1.54) is 16.7 Å². The third-order valence-electron chi connectivity index (χ3n) is 7.19. The van der Waals surface area contributed by atoms with E-state index in [-0.39, 0.29) is 12.0 Å². The summed E-state index contributed by atoms with van der Waals surface area (Å²) in [6.45, 7) is 0. The first kappa shape index (κ1) is 21.8. The number of rotatable bonds is 7. The molecule has 4 rings (SSSR count). The summed E-state index contributed by atoms with van der Waals surface area (Å²) < 4.78 is 0. The molecule has 31 heavy (non-hydrogen) atoms. The predicted molar refractivity (Wildman–Crippen MR) is 129 cm³/mol. The Kier molecular flexibility index (Phi) is 6.89. The van der Waals surface area contributed by atoms with Gasteiger partial charge in [0.05, 0.1) is 5.60 Å². The van der Waals surface area contributed by atoms with Gasteiger partial charge < -0.3 is 10.0 Å². The molecule has 1 aliphatic carbocycles. The molecule has 0 radical (unpaired) electrons. The summed E-state index contributed by atoms with van der Waals surface area (Å²) in [5.74, 6) is 0.668. The van der Waals surface area contributed by atoms with Crippen molar-refractivity contribution in [2.45, 2.75) is 49.7 Å². The van der Waals surface area contributed by atoms with Gasteiger partial charge in [-0.1, -0.05) is 91.0 Å². The first-order valence-electron chi connectivity index (χ1n) is 11.6. The highest BCUT2D eigenvalue weighted by atomic mass is 16.3. The van der Waals surface area contributed by atoms with Crippen molar-refractivity contribution in [3.8, 4) is 0 Å². The Morgan fingerprint density at radius 2 is 1.45 bits per heavy atom. The van der Waals surface area contributed by atoms with Gasteiger partial charge >= 0.3 is 0 Å². The number of aliphatic hydroxyl groups is 1. The first-order valence-corrected chi connectivity index (χ1v) is 11.6. The fourth-order valence-corrected chi connectivity index (χ4v) is 5.56. The van der Waals surface area contributed by atoms with Crippen molar-refractivity contribution in [1.29, 1.82) is 0 Å². The molecule has 162 valence electrons. The lowest BCUT2D eigenvalue weighted by Crippen LogP contribution is -2.48. The van der Waals surface area contributed by atoms with Gasteiger partial charge in [-0.15, -0.1) is 0 Å². The quantitative estimate of drug-likeness (QED) is 0.496. The largest absolute Gasteiger partial charge is 0.390 e. The minimum Gasteiger partial charge on any atom is -0.390 e. The van der Waals surface area contributed by atoms with Crippen LogP contribution in [0.25, 0.3) is 0 Å². The summed E-state index contributed by atoms with van der Waals surface area (Å²) in [7, 11) is 4.31. The van der Waals surface area contributed by atoms with E-state index in [9.17, 15) is 5.11 Å². The lowest BCUT2D eigenvalue weighted by Gasteiger charge is -2.49. The molecule has 1 fully saturated rings. The SMILES string of the molecule is CN(C)C(c1ccccc1)C1CC(c2ccccc2)CCC1(O)CCc1ccccc1. The van der Waals surface area contributed by atoms with Crippen LogP contribution in [0, 0.1) is 5.92 Å². The van der Waals surface area contributed by atoms with Gasteiger partial charge in [-0.2, -0.15) is 0 Å². The molecule has 3 aromatic rings. The monoisotopic (exact) mass is 413 g/mol. The topological polar surface area (TPSA) is 23.5 Å². The van der Waals surface area contributed by atoms with Gasteiger partial charge in [-0.3, -0.25) is 0 Å². The molecule has 0 heterocycles. The number of hydrogen-bond donors (Lipinski definition) is 1. The van der Waals surface area contributed by atoms with Crippen LogP contribution in [0.5, 0.6) is 0 Å². The lowest BCUT2D eigenvalue weighted by atomic mass is 9.63. The highest BCUT2D eigenvalue weighted by molar-refractivity contribution is 5.25. The molecular formula is C29H35NO. The van der Waals surface area contributed by atoms with Crippen LogP contribution in [-0.4, -0.2) is 29.7 Å². The van der Waals surface area contributed by atoms with Gasteiger partial charge in [-0.05, 0) is 68.8 Å².